The normalized spacial score (nSPS) is 10.9. The molecular weight excluding hydrogens is 444 g/mol. The first kappa shape index (κ1) is 22.8. The molecule has 7 N–H and O–H groups in total. The molecule has 11 nitrogen and oxygen atoms in total. The van der Waals surface area contributed by atoms with Crippen LogP contribution in [0.5, 0.6) is 0 Å². The molecule has 34 heavy (non-hydrogen) atoms. The molecule has 0 unspecified atom stereocenters. The predicted octanol–water partition coefficient (Wildman–Crippen LogP) is -0.247. The summed E-state index contributed by atoms with van der Waals surface area (Å²) in [5.74, 6) is -2.75. The number of carbonyl (C=O) groups excluding carboxylic acids is 2. The van der Waals surface area contributed by atoms with Gasteiger partial charge in [0.2, 0.25) is 23.6 Å². The van der Waals surface area contributed by atoms with E-state index in [4.69, 9.17) is 11.5 Å². The second kappa shape index (κ2) is 8.88. The van der Waals surface area contributed by atoms with Crippen LogP contribution in [0, 0.1) is 12.7 Å². The van der Waals surface area contributed by atoms with E-state index < -0.39 is 24.7 Å². The molecule has 2 aromatic carbocycles. The first-order chi connectivity index (χ1) is 16.1. The summed E-state index contributed by atoms with van der Waals surface area (Å²) in [4.78, 5) is 36.1. The number of rotatable bonds is 7. The summed E-state index contributed by atoms with van der Waals surface area (Å²) in [6, 6.07) is 10.4. The van der Waals surface area contributed by atoms with E-state index in [2.05, 4.69) is 20.3 Å². The Kier molecular flexibility index (Phi) is 5.96. The Morgan fingerprint density at radius 3 is 2.53 bits per heavy atom. The lowest BCUT2D eigenvalue weighted by Gasteiger charge is -2.11. The number of fused-ring (bicyclic) bond motifs is 1. The summed E-state index contributed by atoms with van der Waals surface area (Å²) in [7, 11) is -1.62. The van der Waals surface area contributed by atoms with Crippen molar-refractivity contribution in [3.8, 4) is 5.95 Å². The minimum absolute atomic E-state index is 0.00141. The lowest BCUT2D eigenvalue weighted by molar-refractivity contribution is 0.0986. The van der Waals surface area contributed by atoms with E-state index in [-0.39, 0.29) is 35.3 Å². The SMILES string of the molecule is Cc1cc2c(C(N)=O)cc(F)cc2n1-c1nc(NCc2cccc(B(O)O)c2)nc(C(N)=O)n1. The van der Waals surface area contributed by atoms with Crippen molar-refractivity contribution in [2.75, 3.05) is 5.32 Å². The number of primary amides is 2. The van der Waals surface area contributed by atoms with E-state index in [9.17, 15) is 24.0 Å². The zero-order valence-electron chi connectivity index (χ0n) is 17.9. The molecule has 0 saturated carbocycles. The fourth-order valence-corrected chi connectivity index (χ4v) is 3.57. The van der Waals surface area contributed by atoms with Crippen LogP contribution >= 0.6 is 0 Å². The summed E-state index contributed by atoms with van der Waals surface area (Å²) >= 11 is 0. The number of aromatic nitrogens is 4. The summed E-state index contributed by atoms with van der Waals surface area (Å²) in [5.41, 5.74) is 12.6. The maximum absolute atomic E-state index is 14.3. The van der Waals surface area contributed by atoms with E-state index in [1.807, 2.05) is 0 Å². The molecule has 2 aromatic heterocycles. The van der Waals surface area contributed by atoms with Crippen LogP contribution in [-0.2, 0) is 6.54 Å². The van der Waals surface area contributed by atoms with Gasteiger partial charge in [-0.3, -0.25) is 14.2 Å². The van der Waals surface area contributed by atoms with E-state index in [0.29, 0.717) is 22.1 Å². The smallest absolute Gasteiger partial charge is 0.423 e. The predicted molar refractivity (Wildman–Crippen MR) is 122 cm³/mol. The number of aryl methyl sites for hydroxylation is 1. The quantitative estimate of drug-likeness (QED) is 0.233. The zero-order chi connectivity index (χ0) is 24.6. The molecule has 0 bridgehead atoms. The fourth-order valence-electron chi connectivity index (χ4n) is 3.57. The van der Waals surface area contributed by atoms with Crippen molar-refractivity contribution < 1.29 is 24.0 Å². The number of carbonyl (C=O) groups is 2. The third-order valence-electron chi connectivity index (χ3n) is 5.08. The Morgan fingerprint density at radius 2 is 1.85 bits per heavy atom. The van der Waals surface area contributed by atoms with Crippen LogP contribution in [0.4, 0.5) is 10.3 Å². The summed E-state index contributed by atoms with van der Waals surface area (Å²) in [5, 5.41) is 22.0. The molecule has 0 aliphatic rings. The molecule has 4 aromatic rings. The average Bonchev–Trinajstić information content (AvgIpc) is 3.12. The maximum Gasteiger partial charge on any atom is 0.488 e. The molecule has 0 fully saturated rings. The van der Waals surface area contributed by atoms with Crippen LogP contribution in [0.25, 0.3) is 16.9 Å². The minimum atomic E-state index is -1.62. The number of nitrogens with zero attached hydrogens (tertiary/aromatic N) is 4. The highest BCUT2D eigenvalue weighted by Crippen LogP contribution is 2.27. The average molecular weight is 463 g/mol. The van der Waals surface area contributed by atoms with Gasteiger partial charge in [0.05, 0.1) is 11.1 Å². The van der Waals surface area contributed by atoms with Crippen molar-refractivity contribution in [1.82, 2.24) is 19.5 Å². The highest BCUT2D eigenvalue weighted by molar-refractivity contribution is 6.58. The Labute approximate surface area is 192 Å². The van der Waals surface area contributed by atoms with E-state index in [0.717, 1.165) is 6.07 Å². The third kappa shape index (κ3) is 4.42. The van der Waals surface area contributed by atoms with Gasteiger partial charge < -0.3 is 26.8 Å². The topological polar surface area (TPSA) is 182 Å². The first-order valence-corrected chi connectivity index (χ1v) is 10.0. The van der Waals surface area contributed by atoms with Crippen molar-refractivity contribution >= 4 is 41.2 Å². The van der Waals surface area contributed by atoms with Gasteiger partial charge in [0, 0.05) is 17.6 Å². The standard InChI is InChI=1S/C21H19BFN7O4/c1-10-5-14-15(17(24)31)7-13(23)8-16(14)30(10)21-28-19(18(25)32)27-20(29-21)26-9-11-3-2-4-12(6-11)22(33)34/h2-8,33-34H,9H2,1H3,(H2,24,31)(H2,25,32)(H,26,27,28,29). The number of amides is 2. The van der Waals surface area contributed by atoms with Gasteiger partial charge in [0.25, 0.3) is 5.91 Å². The number of nitrogens with two attached hydrogens (primary N) is 2. The molecule has 0 spiro atoms. The van der Waals surface area contributed by atoms with Crippen LogP contribution in [0.3, 0.4) is 0 Å². The van der Waals surface area contributed by atoms with Gasteiger partial charge in [0.1, 0.15) is 5.82 Å². The van der Waals surface area contributed by atoms with E-state index in [1.54, 1.807) is 37.3 Å². The van der Waals surface area contributed by atoms with Gasteiger partial charge in [-0.1, -0.05) is 24.3 Å². The van der Waals surface area contributed by atoms with Crippen LogP contribution < -0.4 is 22.2 Å². The molecule has 13 heteroatoms. The molecule has 0 aliphatic heterocycles. The van der Waals surface area contributed by atoms with Crippen molar-refractivity contribution in [1.29, 1.82) is 0 Å². The Morgan fingerprint density at radius 1 is 1.09 bits per heavy atom. The molecule has 0 atom stereocenters. The monoisotopic (exact) mass is 463 g/mol. The van der Waals surface area contributed by atoms with Gasteiger partial charge in [-0.2, -0.15) is 15.0 Å². The number of halogens is 1. The molecule has 0 radical (unpaired) electrons. The van der Waals surface area contributed by atoms with Crippen LogP contribution in [0.2, 0.25) is 0 Å². The number of benzene rings is 2. The third-order valence-corrected chi connectivity index (χ3v) is 5.08. The number of anilines is 1. The summed E-state index contributed by atoms with van der Waals surface area (Å²) < 4.78 is 15.7. The van der Waals surface area contributed by atoms with Crippen molar-refractivity contribution in [3.05, 3.63) is 70.9 Å². The van der Waals surface area contributed by atoms with Crippen molar-refractivity contribution in [3.63, 3.8) is 0 Å². The molecule has 4 rings (SSSR count). The van der Waals surface area contributed by atoms with Gasteiger partial charge in [-0.25, -0.2) is 4.39 Å². The van der Waals surface area contributed by atoms with Crippen molar-refractivity contribution in [2.24, 2.45) is 11.5 Å². The molecule has 2 heterocycles. The lowest BCUT2D eigenvalue weighted by atomic mass is 9.80. The lowest BCUT2D eigenvalue weighted by Crippen LogP contribution is -2.30. The molecule has 172 valence electrons. The largest absolute Gasteiger partial charge is 0.488 e. The number of hydrogen-bond acceptors (Lipinski definition) is 8. The Hall–Kier alpha value is -4.36. The van der Waals surface area contributed by atoms with Crippen LogP contribution in [0.1, 0.15) is 32.2 Å². The van der Waals surface area contributed by atoms with Gasteiger partial charge in [0.15, 0.2) is 0 Å². The van der Waals surface area contributed by atoms with Crippen LogP contribution in [-0.4, -0.2) is 48.5 Å². The zero-order valence-corrected chi connectivity index (χ0v) is 17.9. The molecule has 2 amide bonds. The number of nitrogens with one attached hydrogen (secondary N) is 1. The number of hydrogen-bond donors (Lipinski definition) is 5. The summed E-state index contributed by atoms with van der Waals surface area (Å²) in [6.07, 6.45) is 0. The molecule has 0 aliphatic carbocycles. The van der Waals surface area contributed by atoms with E-state index in [1.165, 1.54) is 10.6 Å². The van der Waals surface area contributed by atoms with Crippen molar-refractivity contribution in [2.45, 2.75) is 13.5 Å². The fraction of sp³-hybridized carbons (Fsp3) is 0.0952. The highest BCUT2D eigenvalue weighted by Gasteiger charge is 2.19. The summed E-state index contributed by atoms with van der Waals surface area (Å²) in [6.45, 7) is 1.86. The highest BCUT2D eigenvalue weighted by atomic mass is 19.1. The Balaban J connectivity index is 1.79. The second-order valence-corrected chi connectivity index (χ2v) is 7.49. The second-order valence-electron chi connectivity index (χ2n) is 7.49. The Bertz CT molecular complexity index is 1440. The molecular formula is C21H19BFN7O4. The van der Waals surface area contributed by atoms with Crippen LogP contribution in [0.15, 0.2) is 42.5 Å². The maximum atomic E-state index is 14.3. The van der Waals surface area contributed by atoms with Gasteiger partial charge >= 0.3 is 7.12 Å². The molecule has 0 saturated heterocycles. The van der Waals surface area contributed by atoms with E-state index >= 15 is 0 Å². The van der Waals surface area contributed by atoms with Gasteiger partial charge in [-0.05, 0) is 36.1 Å². The first-order valence-electron chi connectivity index (χ1n) is 10.0. The van der Waals surface area contributed by atoms with Gasteiger partial charge in [-0.15, -0.1) is 0 Å². The minimum Gasteiger partial charge on any atom is -0.423 e.